The number of hydrogen-bond donors (Lipinski definition) is 3. The number of aromatic nitrogens is 2. The van der Waals surface area contributed by atoms with Gasteiger partial charge in [-0.3, -0.25) is 4.79 Å². The Hall–Kier alpha value is -3.46. The molecule has 0 bridgehead atoms. The summed E-state index contributed by atoms with van der Waals surface area (Å²) in [5.74, 6) is -0.464. The molecule has 2 aliphatic heterocycles. The van der Waals surface area contributed by atoms with Crippen LogP contribution in [0.3, 0.4) is 0 Å². The molecule has 0 spiro atoms. The number of nitrogens with zero attached hydrogens (tertiary/aromatic N) is 4. The van der Waals surface area contributed by atoms with Crippen LogP contribution in [-0.2, 0) is 14.8 Å². The zero-order valence-electron chi connectivity index (χ0n) is 14.9. The molecule has 3 heterocycles. The molecule has 0 aromatic carbocycles. The third-order valence-electron chi connectivity index (χ3n) is 4.00. The standard InChI is InChI=1S/C16H16N7O4S/c1-9-14-12(3-4-18-9)22-16(25)23(28(14,26)27)8-13(24)21-10(2)15-19-6-11(5-17)7-20-15/h3-4,6-7,10,18H,8H2,1-2H3,(H,21,24)(H,22,25)/t10-/m1/s1. The fourth-order valence-electron chi connectivity index (χ4n) is 2.68. The number of urea groups is 1. The average molecular weight is 402 g/mol. The smallest absolute Gasteiger partial charge is 0.332 e. The molecule has 1 aromatic heterocycles. The van der Waals surface area contributed by atoms with Gasteiger partial charge in [0, 0.05) is 18.1 Å². The highest BCUT2D eigenvalue weighted by atomic mass is 32.2. The van der Waals surface area contributed by atoms with Gasteiger partial charge in [-0.05, 0) is 26.1 Å². The molecule has 3 rings (SSSR count). The van der Waals surface area contributed by atoms with Crippen LogP contribution < -0.4 is 16.0 Å². The van der Waals surface area contributed by atoms with Crippen molar-refractivity contribution in [1.82, 2.24) is 30.2 Å². The summed E-state index contributed by atoms with van der Waals surface area (Å²) in [6, 6.07) is 0.457. The molecule has 3 amide bonds. The van der Waals surface area contributed by atoms with Gasteiger partial charge in [-0.25, -0.2) is 27.5 Å². The summed E-state index contributed by atoms with van der Waals surface area (Å²) < 4.78 is 26.1. The van der Waals surface area contributed by atoms with Crippen molar-refractivity contribution >= 4 is 22.0 Å². The summed E-state index contributed by atoms with van der Waals surface area (Å²) >= 11 is 0. The van der Waals surface area contributed by atoms with Gasteiger partial charge in [0.2, 0.25) is 5.91 Å². The Morgan fingerprint density at radius 2 is 2.07 bits per heavy atom. The predicted molar refractivity (Wildman–Crippen MR) is 95.7 cm³/mol. The van der Waals surface area contributed by atoms with Crippen LogP contribution in [0.4, 0.5) is 4.79 Å². The van der Waals surface area contributed by atoms with Gasteiger partial charge in [0.05, 0.1) is 11.6 Å². The van der Waals surface area contributed by atoms with Crippen LogP contribution in [0, 0.1) is 17.4 Å². The lowest BCUT2D eigenvalue weighted by atomic mass is 10.2. The van der Waals surface area contributed by atoms with E-state index < -0.39 is 34.5 Å². The number of sulfonamides is 1. The Kier molecular flexibility index (Phi) is 5.02. The van der Waals surface area contributed by atoms with Crippen molar-refractivity contribution in [2.24, 2.45) is 0 Å². The van der Waals surface area contributed by atoms with Crippen LogP contribution in [0.25, 0.3) is 0 Å². The number of nitriles is 1. The summed E-state index contributed by atoms with van der Waals surface area (Å²) in [4.78, 5) is 32.4. The normalized spacial score (nSPS) is 19.2. The number of fused-ring (bicyclic) bond motifs is 1. The molecule has 0 aliphatic carbocycles. The molecule has 2 aliphatic rings. The third kappa shape index (κ3) is 3.52. The number of dihydropyridines is 1. The molecular weight excluding hydrogens is 386 g/mol. The van der Waals surface area contributed by atoms with E-state index in [2.05, 4.69) is 25.9 Å². The van der Waals surface area contributed by atoms with Gasteiger partial charge in [0.1, 0.15) is 29.4 Å². The van der Waals surface area contributed by atoms with E-state index in [-0.39, 0.29) is 22.3 Å². The Labute approximate surface area is 161 Å². The number of rotatable bonds is 4. The third-order valence-corrected chi connectivity index (χ3v) is 5.92. The quantitative estimate of drug-likeness (QED) is 0.623. The first-order valence-electron chi connectivity index (χ1n) is 8.10. The van der Waals surface area contributed by atoms with E-state index in [1.807, 2.05) is 6.07 Å². The van der Waals surface area contributed by atoms with Gasteiger partial charge in [-0.2, -0.15) is 5.26 Å². The number of carbonyl (C=O) groups excluding carboxylic acids is 2. The Bertz CT molecular complexity index is 1020. The molecule has 12 heteroatoms. The molecule has 145 valence electrons. The van der Waals surface area contributed by atoms with Crippen molar-refractivity contribution in [1.29, 1.82) is 5.26 Å². The molecule has 28 heavy (non-hydrogen) atoms. The lowest BCUT2D eigenvalue weighted by Gasteiger charge is -2.34. The summed E-state index contributed by atoms with van der Waals surface area (Å²) in [7, 11) is -4.21. The number of nitrogens with one attached hydrogen (secondary N) is 3. The van der Waals surface area contributed by atoms with Crippen molar-refractivity contribution in [3.05, 3.63) is 52.7 Å². The van der Waals surface area contributed by atoms with E-state index in [1.54, 1.807) is 13.8 Å². The fraction of sp³-hybridized carbons (Fsp3) is 0.250. The van der Waals surface area contributed by atoms with Crippen molar-refractivity contribution in [2.45, 2.75) is 19.9 Å². The lowest BCUT2D eigenvalue weighted by Crippen LogP contribution is -2.55. The van der Waals surface area contributed by atoms with Gasteiger partial charge in [-0.15, -0.1) is 0 Å². The van der Waals surface area contributed by atoms with Gasteiger partial charge in [-0.1, -0.05) is 0 Å². The molecule has 1 atom stereocenters. The fourth-order valence-corrected chi connectivity index (χ4v) is 4.29. The zero-order valence-corrected chi connectivity index (χ0v) is 15.7. The molecule has 1 fully saturated rings. The second-order valence-electron chi connectivity index (χ2n) is 6.02. The number of hydrogen-bond acceptors (Lipinski definition) is 8. The molecular formula is C16H16N7O4S. The van der Waals surface area contributed by atoms with E-state index in [0.29, 0.717) is 10.0 Å². The first-order valence-corrected chi connectivity index (χ1v) is 9.54. The van der Waals surface area contributed by atoms with Crippen molar-refractivity contribution in [3.63, 3.8) is 0 Å². The van der Waals surface area contributed by atoms with Crippen LogP contribution >= 0.6 is 0 Å². The van der Waals surface area contributed by atoms with Crippen LogP contribution in [-0.4, -0.2) is 41.2 Å². The van der Waals surface area contributed by atoms with E-state index in [0.717, 1.165) is 0 Å². The highest BCUT2D eigenvalue weighted by molar-refractivity contribution is 7.93. The highest BCUT2D eigenvalue weighted by Gasteiger charge is 2.44. The minimum atomic E-state index is -4.21. The minimum Gasteiger partial charge on any atom is -0.365 e. The van der Waals surface area contributed by atoms with Gasteiger partial charge < -0.3 is 16.0 Å². The first-order chi connectivity index (χ1) is 13.2. The molecule has 1 aromatic rings. The average Bonchev–Trinajstić information content (AvgIpc) is 2.64. The van der Waals surface area contributed by atoms with E-state index in [9.17, 15) is 18.0 Å². The molecule has 1 saturated heterocycles. The number of amides is 3. The van der Waals surface area contributed by atoms with E-state index in [4.69, 9.17) is 5.26 Å². The molecule has 11 nitrogen and oxygen atoms in total. The maximum Gasteiger partial charge on any atom is 0.332 e. The Morgan fingerprint density at radius 1 is 1.39 bits per heavy atom. The lowest BCUT2D eigenvalue weighted by molar-refractivity contribution is -0.121. The minimum absolute atomic E-state index is 0.0918. The number of allylic oxidation sites excluding steroid dienone is 1. The van der Waals surface area contributed by atoms with Crippen molar-refractivity contribution in [2.75, 3.05) is 6.54 Å². The molecule has 0 unspecified atom stereocenters. The molecule has 3 N–H and O–H groups in total. The van der Waals surface area contributed by atoms with Crippen molar-refractivity contribution < 1.29 is 18.0 Å². The summed E-state index contributed by atoms with van der Waals surface area (Å²) in [6.45, 7) is 2.44. The SMILES string of the molecule is CC1=C2[C](C=CN1)NC(=O)N(CC(=O)N[C@H](C)c1ncc(C#N)cn1)S2(=O)=O. The summed E-state index contributed by atoms with van der Waals surface area (Å²) in [6.07, 6.45) is 5.55. The summed E-state index contributed by atoms with van der Waals surface area (Å²) in [5, 5.41) is 16.5. The first kappa shape index (κ1) is 19.3. The maximum atomic E-state index is 12.8. The molecule has 1 radical (unpaired) electrons. The van der Waals surface area contributed by atoms with Crippen molar-refractivity contribution in [3.8, 4) is 6.07 Å². The predicted octanol–water partition coefficient (Wildman–Crippen LogP) is -0.239. The second-order valence-corrected chi connectivity index (χ2v) is 7.82. The monoisotopic (exact) mass is 402 g/mol. The van der Waals surface area contributed by atoms with Crippen LogP contribution in [0.1, 0.15) is 31.3 Å². The van der Waals surface area contributed by atoms with Gasteiger partial charge in [0.25, 0.3) is 10.0 Å². The Morgan fingerprint density at radius 3 is 2.71 bits per heavy atom. The van der Waals surface area contributed by atoms with E-state index in [1.165, 1.54) is 24.7 Å². The van der Waals surface area contributed by atoms with Gasteiger partial charge in [0.15, 0.2) is 0 Å². The largest absolute Gasteiger partial charge is 0.365 e. The van der Waals surface area contributed by atoms with Gasteiger partial charge >= 0.3 is 6.03 Å². The maximum absolute atomic E-state index is 12.8. The Balaban J connectivity index is 1.74. The number of carbonyl (C=O) groups is 2. The van der Waals surface area contributed by atoms with Crippen LogP contribution in [0.2, 0.25) is 0 Å². The zero-order chi connectivity index (χ0) is 20.5. The topological polar surface area (TPSA) is 157 Å². The summed E-state index contributed by atoms with van der Waals surface area (Å²) in [5.41, 5.74) is 0.603. The molecule has 0 saturated carbocycles. The highest BCUT2D eigenvalue weighted by Crippen LogP contribution is 2.31. The second kappa shape index (κ2) is 7.28. The van der Waals surface area contributed by atoms with E-state index >= 15 is 0 Å². The van der Waals surface area contributed by atoms with Crippen LogP contribution in [0.5, 0.6) is 0 Å². The van der Waals surface area contributed by atoms with Crippen LogP contribution in [0.15, 0.2) is 35.3 Å².